The molecule has 9 heteroatoms. The molecule has 41 heavy (non-hydrogen) atoms. The van der Waals surface area contributed by atoms with Gasteiger partial charge in [0.05, 0.1) is 5.69 Å². The summed E-state index contributed by atoms with van der Waals surface area (Å²) >= 11 is 0. The van der Waals surface area contributed by atoms with Crippen LogP contribution in [0, 0.1) is 12.8 Å². The van der Waals surface area contributed by atoms with Crippen molar-refractivity contribution in [3.63, 3.8) is 0 Å². The van der Waals surface area contributed by atoms with Crippen LogP contribution in [0.1, 0.15) is 36.0 Å². The largest absolute Gasteiger partial charge is 0.493 e. The van der Waals surface area contributed by atoms with Gasteiger partial charge in [0.25, 0.3) is 0 Å². The lowest BCUT2D eigenvalue weighted by atomic mass is 9.90. The molecule has 0 aliphatic carbocycles. The number of alkyl halides is 3. The molecule has 0 aromatic heterocycles. The van der Waals surface area contributed by atoms with E-state index < -0.39 is 18.2 Å². The lowest BCUT2D eigenvalue weighted by Gasteiger charge is -2.33. The van der Waals surface area contributed by atoms with E-state index >= 15 is 0 Å². The average molecular weight is 568 g/mol. The molecule has 0 radical (unpaired) electrons. The summed E-state index contributed by atoms with van der Waals surface area (Å²) in [7, 11) is 0. The van der Waals surface area contributed by atoms with Gasteiger partial charge in [0, 0.05) is 13.1 Å². The van der Waals surface area contributed by atoms with Gasteiger partial charge >= 0.3 is 18.2 Å². The number of amides is 2. The Labute approximate surface area is 239 Å². The highest BCUT2D eigenvalue weighted by molar-refractivity contribution is 5.93. The van der Waals surface area contributed by atoms with E-state index in [0.717, 1.165) is 44.5 Å². The molecule has 0 N–H and O–H groups in total. The first-order valence-corrected chi connectivity index (χ1v) is 13.9. The normalized spacial score (nSPS) is 14.4. The molecule has 1 fully saturated rings. The summed E-state index contributed by atoms with van der Waals surface area (Å²) in [6.07, 6.45) is -1.37. The minimum absolute atomic E-state index is 0.0474. The average Bonchev–Trinajstić information content (AvgIpc) is 2.96. The second-order valence-electron chi connectivity index (χ2n) is 10.5. The van der Waals surface area contributed by atoms with Crippen LogP contribution in [0.3, 0.4) is 0 Å². The fraction of sp³-hybridized carbons (Fsp3) is 0.375. The maximum atomic E-state index is 13.7. The van der Waals surface area contributed by atoms with Gasteiger partial charge in [-0.1, -0.05) is 72.8 Å². The number of hydrogen-bond acceptors (Lipinski definition) is 4. The third kappa shape index (κ3) is 9.08. The van der Waals surface area contributed by atoms with E-state index in [4.69, 9.17) is 0 Å². The van der Waals surface area contributed by atoms with Crippen LogP contribution in [0.25, 0.3) is 0 Å². The van der Waals surface area contributed by atoms with Crippen molar-refractivity contribution in [1.82, 2.24) is 9.80 Å². The van der Waals surface area contributed by atoms with Gasteiger partial charge in [-0.25, -0.2) is 9.59 Å². The van der Waals surface area contributed by atoms with E-state index in [1.807, 2.05) is 36.4 Å². The number of nitrogens with zero attached hydrogens (tertiary/aromatic N) is 3. The number of carbonyl (C=O) groups is 2. The van der Waals surface area contributed by atoms with E-state index in [0.29, 0.717) is 23.0 Å². The molecule has 1 aliphatic rings. The molecule has 2 amide bonds. The summed E-state index contributed by atoms with van der Waals surface area (Å²) in [6, 6.07) is 25.1. The summed E-state index contributed by atoms with van der Waals surface area (Å²) < 4.78 is 39.4. The molecule has 1 heterocycles. The van der Waals surface area contributed by atoms with Crippen LogP contribution in [-0.4, -0.2) is 54.2 Å². The zero-order valence-corrected chi connectivity index (χ0v) is 23.2. The Bertz CT molecular complexity index is 1260. The smallest absolute Gasteiger partial charge is 0.323 e. The number of hydrogen-bond donors (Lipinski definition) is 0. The minimum Gasteiger partial charge on any atom is -0.323 e. The molecule has 0 saturated carbocycles. The van der Waals surface area contributed by atoms with Crippen molar-refractivity contribution in [2.45, 2.75) is 45.3 Å². The lowest BCUT2D eigenvalue weighted by molar-refractivity contribution is -0.200. The van der Waals surface area contributed by atoms with Crippen molar-refractivity contribution in [1.29, 1.82) is 0 Å². The molecule has 1 saturated heterocycles. The highest BCUT2D eigenvalue weighted by Crippen LogP contribution is 2.25. The third-order valence-electron chi connectivity index (χ3n) is 7.28. The van der Waals surface area contributed by atoms with Crippen LogP contribution in [0.15, 0.2) is 84.9 Å². The number of aryl methyl sites for hydroxylation is 1. The summed E-state index contributed by atoms with van der Waals surface area (Å²) in [5.41, 5.74) is 2.92. The molecule has 0 atom stereocenters. The Morgan fingerprint density at radius 2 is 1.54 bits per heavy atom. The molecule has 4 rings (SSSR count). The van der Waals surface area contributed by atoms with Gasteiger partial charge < -0.3 is 14.6 Å². The first-order chi connectivity index (χ1) is 19.7. The molecule has 218 valence electrons. The Balaban J connectivity index is 1.42. The summed E-state index contributed by atoms with van der Waals surface area (Å²) in [4.78, 5) is 34.0. The maximum Gasteiger partial charge on any atom is 0.493 e. The van der Waals surface area contributed by atoms with E-state index in [1.54, 1.807) is 19.1 Å². The second kappa shape index (κ2) is 14.2. The minimum atomic E-state index is -5.25. The number of urea groups is 1. The van der Waals surface area contributed by atoms with Crippen LogP contribution >= 0.6 is 0 Å². The molecule has 0 bridgehead atoms. The topological polar surface area (TPSA) is 53.1 Å². The number of piperidine rings is 1. The Morgan fingerprint density at radius 3 is 2.15 bits per heavy atom. The summed E-state index contributed by atoms with van der Waals surface area (Å²) in [6.45, 7) is 4.85. The number of halogens is 3. The van der Waals surface area contributed by atoms with E-state index in [2.05, 4.69) is 34.0 Å². The molecule has 6 nitrogen and oxygen atoms in total. The molecule has 3 aromatic carbocycles. The van der Waals surface area contributed by atoms with Crippen molar-refractivity contribution in [2.24, 2.45) is 5.92 Å². The van der Waals surface area contributed by atoms with Crippen molar-refractivity contribution in [3.8, 4) is 0 Å². The van der Waals surface area contributed by atoms with Gasteiger partial charge in [0.2, 0.25) is 0 Å². The number of anilines is 1. The summed E-state index contributed by atoms with van der Waals surface area (Å²) in [5, 5.41) is 0.459. The molecular weight excluding hydrogens is 531 g/mol. The van der Waals surface area contributed by atoms with Gasteiger partial charge in [0.15, 0.2) is 0 Å². The number of hydroxylamine groups is 1. The zero-order chi connectivity index (χ0) is 29.2. The van der Waals surface area contributed by atoms with Crippen LogP contribution < -0.4 is 5.06 Å². The van der Waals surface area contributed by atoms with Crippen molar-refractivity contribution < 1.29 is 27.6 Å². The van der Waals surface area contributed by atoms with Crippen molar-refractivity contribution >= 4 is 17.7 Å². The predicted molar refractivity (Wildman–Crippen MR) is 152 cm³/mol. The Morgan fingerprint density at radius 1 is 0.902 bits per heavy atom. The summed E-state index contributed by atoms with van der Waals surface area (Å²) in [5.74, 6) is -1.82. The molecular formula is C32H36F3N3O3. The standard InChI is InChI=1S/C32H36F3N3O3/c1-25-10-8-15-29(22-25)38(41-30(39)32(33,34)35)31(40)37(24-28-13-6-3-7-14-28)19-9-18-36-20-16-27(17-21-36)23-26-11-4-2-5-12-26/h2-8,10-15,22,27H,9,16-21,23-24H2,1H3. The number of carbonyl (C=O) groups excluding carboxylic acids is 2. The van der Waals surface area contributed by atoms with Crippen molar-refractivity contribution in [3.05, 3.63) is 102 Å². The number of benzene rings is 3. The monoisotopic (exact) mass is 567 g/mol. The van der Waals surface area contributed by atoms with Gasteiger partial charge in [-0.2, -0.15) is 13.2 Å². The molecule has 1 aliphatic heterocycles. The highest BCUT2D eigenvalue weighted by atomic mass is 19.4. The van der Waals surface area contributed by atoms with E-state index in [9.17, 15) is 22.8 Å². The first-order valence-electron chi connectivity index (χ1n) is 13.9. The Hall–Kier alpha value is -3.85. The van der Waals surface area contributed by atoms with Crippen LogP contribution in [0.2, 0.25) is 0 Å². The highest BCUT2D eigenvalue weighted by Gasteiger charge is 2.44. The van der Waals surface area contributed by atoms with Gasteiger partial charge in [-0.15, -0.1) is 5.06 Å². The van der Waals surface area contributed by atoms with Gasteiger partial charge in [-0.3, -0.25) is 0 Å². The Kier molecular flexibility index (Phi) is 10.4. The van der Waals surface area contributed by atoms with Crippen molar-refractivity contribution in [2.75, 3.05) is 31.2 Å². The maximum absolute atomic E-state index is 13.7. The third-order valence-corrected chi connectivity index (χ3v) is 7.28. The number of likely N-dealkylation sites (tertiary alicyclic amines) is 1. The molecule has 0 unspecified atom stereocenters. The van der Waals surface area contributed by atoms with Crippen LogP contribution in [-0.2, 0) is 22.6 Å². The lowest BCUT2D eigenvalue weighted by Crippen LogP contribution is -2.47. The fourth-order valence-corrected chi connectivity index (χ4v) is 5.11. The number of rotatable bonds is 9. The molecule has 3 aromatic rings. The predicted octanol–water partition coefficient (Wildman–Crippen LogP) is 6.79. The molecule has 0 spiro atoms. The van der Waals surface area contributed by atoms with Crippen LogP contribution in [0.5, 0.6) is 0 Å². The second-order valence-corrected chi connectivity index (χ2v) is 10.5. The van der Waals surface area contributed by atoms with Crippen LogP contribution in [0.4, 0.5) is 23.7 Å². The van der Waals surface area contributed by atoms with E-state index in [-0.39, 0.29) is 18.8 Å². The van der Waals surface area contributed by atoms with E-state index in [1.165, 1.54) is 22.6 Å². The van der Waals surface area contributed by atoms with Gasteiger partial charge in [0.1, 0.15) is 0 Å². The SMILES string of the molecule is Cc1cccc(N(OC(=O)C(F)(F)F)C(=O)N(CCCN2CCC(Cc3ccccc3)CC2)Cc2ccccc2)c1. The first kappa shape index (κ1) is 30.1. The van der Waals surface area contributed by atoms with Gasteiger partial charge in [-0.05, 0) is 87.0 Å². The zero-order valence-electron chi connectivity index (χ0n) is 23.2. The fourth-order valence-electron chi connectivity index (χ4n) is 5.11. The quantitative estimate of drug-likeness (QED) is 0.267.